The highest BCUT2D eigenvalue weighted by molar-refractivity contribution is 9.10. The van der Waals surface area contributed by atoms with E-state index in [1.54, 1.807) is 49.4 Å². The topological polar surface area (TPSA) is 86.8 Å². The maximum absolute atomic E-state index is 13.4. The number of hydrogen-bond donors (Lipinski definition) is 1. The molecule has 1 atom stereocenters. The molecule has 0 fully saturated rings. The fourth-order valence-corrected chi connectivity index (χ4v) is 4.62. The monoisotopic (exact) mass is 577 g/mol. The number of carbonyl (C=O) groups excluding carboxylic acids is 2. The van der Waals surface area contributed by atoms with Gasteiger partial charge in [0, 0.05) is 17.1 Å². The second-order valence-corrected chi connectivity index (χ2v) is 11.5. The number of benzene rings is 2. The summed E-state index contributed by atoms with van der Waals surface area (Å²) in [5.41, 5.74) is 0.976. The highest BCUT2D eigenvalue weighted by Gasteiger charge is 2.30. The molecule has 0 saturated heterocycles. The van der Waals surface area contributed by atoms with E-state index in [9.17, 15) is 18.0 Å². The fourth-order valence-electron chi connectivity index (χ4n) is 3.07. The molecule has 0 aliphatic carbocycles. The Morgan fingerprint density at radius 3 is 2.27 bits per heavy atom. The van der Waals surface area contributed by atoms with Crippen molar-refractivity contribution in [3.05, 3.63) is 62.5 Å². The van der Waals surface area contributed by atoms with Gasteiger partial charge in [0.25, 0.3) is 0 Å². The zero-order valence-electron chi connectivity index (χ0n) is 18.7. The van der Waals surface area contributed by atoms with E-state index in [0.29, 0.717) is 25.8 Å². The molecular weight excluding hydrogens is 553 g/mol. The lowest BCUT2D eigenvalue weighted by Gasteiger charge is -2.32. The number of anilines is 1. The van der Waals surface area contributed by atoms with Gasteiger partial charge in [0.2, 0.25) is 21.8 Å². The predicted molar refractivity (Wildman–Crippen MR) is 136 cm³/mol. The number of halogens is 3. The zero-order valence-corrected chi connectivity index (χ0v) is 22.6. The van der Waals surface area contributed by atoms with Crippen LogP contribution in [0.15, 0.2) is 46.9 Å². The largest absolute Gasteiger partial charge is 0.352 e. The second-order valence-electron chi connectivity index (χ2n) is 7.86. The molecule has 2 aromatic rings. The Balaban J connectivity index is 2.41. The summed E-state index contributed by atoms with van der Waals surface area (Å²) in [7, 11) is -3.79. The third-order valence-electron chi connectivity index (χ3n) is 4.71. The molecular formula is C22H26BrCl2N3O4S. The smallest absolute Gasteiger partial charge is 0.244 e. The van der Waals surface area contributed by atoms with Crippen LogP contribution >= 0.6 is 39.1 Å². The van der Waals surface area contributed by atoms with Crippen molar-refractivity contribution in [2.75, 3.05) is 17.1 Å². The van der Waals surface area contributed by atoms with Crippen LogP contribution in [0.2, 0.25) is 10.0 Å². The molecule has 11 heteroatoms. The van der Waals surface area contributed by atoms with Gasteiger partial charge >= 0.3 is 0 Å². The summed E-state index contributed by atoms with van der Waals surface area (Å²) in [6.45, 7) is 4.79. The van der Waals surface area contributed by atoms with Crippen LogP contribution in [0, 0.1) is 0 Å². The van der Waals surface area contributed by atoms with Crippen molar-refractivity contribution in [3.63, 3.8) is 0 Å². The zero-order chi connectivity index (χ0) is 24.9. The minimum absolute atomic E-state index is 0.0402. The van der Waals surface area contributed by atoms with Gasteiger partial charge in [0.15, 0.2) is 0 Å². The number of rotatable bonds is 9. The molecule has 2 amide bonds. The highest BCUT2D eigenvalue weighted by atomic mass is 79.9. The molecule has 0 spiro atoms. The van der Waals surface area contributed by atoms with E-state index in [2.05, 4.69) is 21.2 Å². The molecule has 0 aliphatic rings. The Morgan fingerprint density at radius 1 is 1.06 bits per heavy atom. The van der Waals surface area contributed by atoms with Crippen LogP contribution in [0.1, 0.15) is 26.3 Å². The first-order chi connectivity index (χ1) is 15.3. The molecule has 180 valence electrons. The van der Waals surface area contributed by atoms with E-state index in [1.807, 2.05) is 13.8 Å². The normalized spacial score (nSPS) is 12.4. The van der Waals surface area contributed by atoms with Gasteiger partial charge in [0.05, 0.1) is 22.0 Å². The summed E-state index contributed by atoms with van der Waals surface area (Å²) < 4.78 is 26.7. The number of amides is 2. The van der Waals surface area contributed by atoms with Crippen LogP contribution in [0.3, 0.4) is 0 Å². The molecule has 0 aliphatic heterocycles. The summed E-state index contributed by atoms with van der Waals surface area (Å²) in [4.78, 5) is 27.5. The van der Waals surface area contributed by atoms with Gasteiger partial charge in [-0.2, -0.15) is 0 Å². The van der Waals surface area contributed by atoms with Crippen molar-refractivity contribution in [2.24, 2.45) is 0 Å². The van der Waals surface area contributed by atoms with E-state index >= 15 is 0 Å². The highest BCUT2D eigenvalue weighted by Crippen LogP contribution is 2.25. The molecule has 2 rings (SSSR count). The van der Waals surface area contributed by atoms with Gasteiger partial charge < -0.3 is 10.2 Å². The lowest BCUT2D eigenvalue weighted by atomic mass is 10.1. The Bertz CT molecular complexity index is 1130. The molecule has 2 aromatic carbocycles. The maximum atomic E-state index is 13.4. The molecule has 0 unspecified atom stereocenters. The maximum Gasteiger partial charge on any atom is 0.244 e. The van der Waals surface area contributed by atoms with Gasteiger partial charge in [-0.05, 0) is 56.7 Å². The molecule has 0 heterocycles. The second kappa shape index (κ2) is 11.6. The van der Waals surface area contributed by atoms with Crippen molar-refractivity contribution in [1.82, 2.24) is 10.2 Å². The SMILES string of the molecule is CC(C)NC(=O)[C@@H](C)N(Cc1ccc(Cl)c(Cl)c1)C(=O)CN(c1cccc(Br)c1)S(C)(=O)=O. The Morgan fingerprint density at radius 2 is 1.73 bits per heavy atom. The van der Waals surface area contributed by atoms with Crippen molar-refractivity contribution in [2.45, 2.75) is 39.4 Å². The summed E-state index contributed by atoms with van der Waals surface area (Å²) in [5, 5.41) is 3.46. The Labute approximate surface area is 213 Å². The lowest BCUT2D eigenvalue weighted by Crippen LogP contribution is -2.52. The predicted octanol–water partition coefficient (Wildman–Crippen LogP) is 4.46. The van der Waals surface area contributed by atoms with Crippen molar-refractivity contribution in [1.29, 1.82) is 0 Å². The third kappa shape index (κ3) is 7.88. The van der Waals surface area contributed by atoms with Crippen LogP contribution < -0.4 is 9.62 Å². The lowest BCUT2D eigenvalue weighted by molar-refractivity contribution is -0.139. The number of sulfonamides is 1. The van der Waals surface area contributed by atoms with Crippen LogP contribution in [0.5, 0.6) is 0 Å². The van der Waals surface area contributed by atoms with Crippen molar-refractivity contribution in [3.8, 4) is 0 Å². The quantitative estimate of drug-likeness (QED) is 0.476. The molecule has 0 radical (unpaired) electrons. The van der Waals surface area contributed by atoms with Crippen LogP contribution in [0.4, 0.5) is 5.69 Å². The number of carbonyl (C=O) groups is 2. The Kier molecular flexibility index (Phi) is 9.60. The Hall–Kier alpha value is -1.81. The van der Waals surface area contributed by atoms with Gasteiger partial charge in [-0.1, -0.05) is 51.3 Å². The van der Waals surface area contributed by atoms with Crippen molar-refractivity contribution < 1.29 is 18.0 Å². The van der Waals surface area contributed by atoms with E-state index < -0.39 is 28.5 Å². The molecule has 33 heavy (non-hydrogen) atoms. The molecule has 1 N–H and O–H groups in total. The number of hydrogen-bond acceptors (Lipinski definition) is 4. The van der Waals surface area contributed by atoms with Gasteiger partial charge in [-0.25, -0.2) is 8.42 Å². The molecule has 0 bridgehead atoms. The fraction of sp³-hybridized carbons (Fsp3) is 0.364. The van der Waals surface area contributed by atoms with E-state index in [4.69, 9.17) is 23.2 Å². The standard InChI is InChI=1S/C22H26BrCl2N3O4S/c1-14(2)26-22(30)15(3)27(12-16-8-9-19(24)20(25)10-16)21(29)13-28(33(4,31)32)18-7-5-6-17(23)11-18/h5-11,14-15H,12-13H2,1-4H3,(H,26,30)/t15-/m1/s1. The summed E-state index contributed by atoms with van der Waals surface area (Å²) in [5.74, 6) is -0.898. The van der Waals surface area contributed by atoms with Crippen LogP contribution in [-0.2, 0) is 26.2 Å². The first-order valence-corrected chi connectivity index (χ1v) is 13.5. The number of nitrogens with zero attached hydrogens (tertiary/aromatic N) is 2. The third-order valence-corrected chi connectivity index (χ3v) is 7.08. The van der Waals surface area contributed by atoms with Gasteiger partial charge in [0.1, 0.15) is 12.6 Å². The number of nitrogens with one attached hydrogen (secondary N) is 1. The van der Waals surface area contributed by atoms with Crippen molar-refractivity contribution >= 4 is 66.7 Å². The van der Waals surface area contributed by atoms with Gasteiger partial charge in [-0.3, -0.25) is 13.9 Å². The minimum atomic E-state index is -3.79. The minimum Gasteiger partial charge on any atom is -0.352 e. The average Bonchev–Trinajstić information content (AvgIpc) is 2.70. The van der Waals surface area contributed by atoms with Crippen LogP contribution in [0.25, 0.3) is 0 Å². The van der Waals surface area contributed by atoms with E-state index in [1.165, 1.54) is 4.90 Å². The van der Waals surface area contributed by atoms with Crippen LogP contribution in [-0.4, -0.2) is 50.0 Å². The summed E-state index contributed by atoms with van der Waals surface area (Å²) in [6.07, 6.45) is 1.03. The summed E-state index contributed by atoms with van der Waals surface area (Å²) in [6, 6.07) is 10.5. The molecule has 0 aromatic heterocycles. The van der Waals surface area contributed by atoms with E-state index in [-0.39, 0.29) is 18.5 Å². The molecule has 7 nitrogen and oxygen atoms in total. The van der Waals surface area contributed by atoms with E-state index in [0.717, 1.165) is 10.6 Å². The molecule has 0 saturated carbocycles. The first kappa shape index (κ1) is 27.4. The van der Waals surface area contributed by atoms with Gasteiger partial charge in [-0.15, -0.1) is 0 Å². The average molecular weight is 579 g/mol. The summed E-state index contributed by atoms with van der Waals surface area (Å²) >= 11 is 15.4. The first-order valence-electron chi connectivity index (χ1n) is 10.1.